The zero-order valence-electron chi connectivity index (χ0n) is 18.8. The molecule has 1 N–H and O–H groups in total. The topological polar surface area (TPSA) is 58.2 Å². The third-order valence-electron chi connectivity index (χ3n) is 5.71. The van der Waals surface area contributed by atoms with Crippen LogP contribution in [0, 0.1) is 12.8 Å². The number of aromatic nitrogens is 2. The third kappa shape index (κ3) is 4.22. The number of nitrogens with zero attached hydrogens (tertiary/aromatic N) is 2. The van der Waals surface area contributed by atoms with E-state index in [0.29, 0.717) is 18.2 Å². The first kappa shape index (κ1) is 21.2. The van der Waals surface area contributed by atoms with Crippen molar-refractivity contribution in [3.05, 3.63) is 70.9 Å². The van der Waals surface area contributed by atoms with E-state index in [0.717, 1.165) is 47.6 Å². The molecule has 5 heteroatoms. The lowest BCUT2D eigenvalue weighted by Gasteiger charge is -2.28. The molecule has 1 amide bonds. The molecular formula is C26H31N3O2. The summed E-state index contributed by atoms with van der Waals surface area (Å²) >= 11 is 0. The van der Waals surface area contributed by atoms with Gasteiger partial charge in [-0.15, -0.1) is 0 Å². The van der Waals surface area contributed by atoms with Gasteiger partial charge in [-0.2, -0.15) is 5.10 Å². The number of carbonyl (C=O) groups is 1. The number of unbranched alkanes of at least 4 members (excludes halogenated alkanes) is 1. The van der Waals surface area contributed by atoms with Crippen molar-refractivity contribution >= 4 is 5.91 Å². The van der Waals surface area contributed by atoms with Gasteiger partial charge in [-0.1, -0.05) is 69.2 Å². The molecule has 3 aromatic rings. The van der Waals surface area contributed by atoms with Crippen molar-refractivity contribution in [3.63, 3.8) is 0 Å². The highest BCUT2D eigenvalue weighted by Gasteiger charge is 2.42. The number of rotatable bonds is 8. The Balaban J connectivity index is 1.73. The van der Waals surface area contributed by atoms with E-state index in [1.807, 2.05) is 17.0 Å². The summed E-state index contributed by atoms with van der Waals surface area (Å²) in [6, 6.07) is 16.3. The first-order valence-corrected chi connectivity index (χ1v) is 11.2. The number of fused-ring (bicyclic) bond motifs is 1. The van der Waals surface area contributed by atoms with Crippen molar-refractivity contribution in [1.29, 1.82) is 0 Å². The Bertz CT molecular complexity index is 1040. The van der Waals surface area contributed by atoms with E-state index in [-0.39, 0.29) is 11.9 Å². The number of hydrogen-bond donors (Lipinski definition) is 1. The van der Waals surface area contributed by atoms with Crippen molar-refractivity contribution in [3.8, 4) is 17.0 Å². The highest BCUT2D eigenvalue weighted by atomic mass is 16.5. The lowest BCUT2D eigenvalue weighted by molar-refractivity contribution is 0.0722. The summed E-state index contributed by atoms with van der Waals surface area (Å²) in [5.74, 6) is 1.24. The van der Waals surface area contributed by atoms with Gasteiger partial charge in [-0.05, 0) is 37.0 Å². The van der Waals surface area contributed by atoms with Crippen LogP contribution in [-0.2, 0) is 0 Å². The predicted octanol–water partition coefficient (Wildman–Crippen LogP) is 5.77. The van der Waals surface area contributed by atoms with Gasteiger partial charge in [-0.3, -0.25) is 9.89 Å². The van der Waals surface area contributed by atoms with Crippen LogP contribution in [0.3, 0.4) is 0 Å². The lowest BCUT2D eigenvalue weighted by atomic mass is 9.95. The highest BCUT2D eigenvalue weighted by Crippen LogP contribution is 2.43. The molecule has 31 heavy (non-hydrogen) atoms. The Labute approximate surface area is 184 Å². The molecule has 0 saturated heterocycles. The van der Waals surface area contributed by atoms with Gasteiger partial charge in [0.1, 0.15) is 11.4 Å². The van der Waals surface area contributed by atoms with E-state index in [9.17, 15) is 4.79 Å². The molecular weight excluding hydrogens is 386 g/mol. The maximum atomic E-state index is 13.3. The van der Waals surface area contributed by atoms with E-state index < -0.39 is 0 Å². The number of aryl methyl sites for hydroxylation is 1. The fourth-order valence-corrected chi connectivity index (χ4v) is 4.14. The molecule has 0 spiro atoms. The number of aromatic amines is 1. The zero-order chi connectivity index (χ0) is 22.0. The number of nitrogens with one attached hydrogen (secondary N) is 1. The molecule has 0 bridgehead atoms. The van der Waals surface area contributed by atoms with Gasteiger partial charge in [0.15, 0.2) is 0 Å². The lowest BCUT2D eigenvalue weighted by Crippen LogP contribution is -2.32. The third-order valence-corrected chi connectivity index (χ3v) is 5.71. The van der Waals surface area contributed by atoms with Crippen molar-refractivity contribution in [2.24, 2.45) is 5.92 Å². The minimum absolute atomic E-state index is 0.0165. The summed E-state index contributed by atoms with van der Waals surface area (Å²) < 4.78 is 5.84. The molecule has 2 heterocycles. The number of carbonyl (C=O) groups excluding carboxylic acids is 1. The van der Waals surface area contributed by atoms with Crippen LogP contribution < -0.4 is 4.74 Å². The molecule has 0 saturated carbocycles. The predicted molar refractivity (Wildman–Crippen MR) is 123 cm³/mol. The van der Waals surface area contributed by atoms with Crippen LogP contribution in [0.15, 0.2) is 48.5 Å². The van der Waals surface area contributed by atoms with Crippen LogP contribution in [0.1, 0.15) is 66.8 Å². The summed E-state index contributed by atoms with van der Waals surface area (Å²) in [5.41, 5.74) is 5.71. The number of H-pyrrole nitrogens is 1. The number of amides is 1. The van der Waals surface area contributed by atoms with Gasteiger partial charge in [-0.25, -0.2) is 0 Å². The smallest absolute Gasteiger partial charge is 0.273 e. The quantitative estimate of drug-likeness (QED) is 0.474. The second-order valence-electron chi connectivity index (χ2n) is 8.75. The molecule has 4 rings (SSSR count). The van der Waals surface area contributed by atoms with E-state index >= 15 is 0 Å². The van der Waals surface area contributed by atoms with Gasteiger partial charge in [0, 0.05) is 17.7 Å². The van der Waals surface area contributed by atoms with E-state index in [4.69, 9.17) is 4.74 Å². The SMILES string of the molecule is CCCCOc1ccc(C2c3c(-c4ccc(C)cc4)n[nH]c3C(=O)N2CC(C)C)cc1. The minimum atomic E-state index is -0.162. The van der Waals surface area contributed by atoms with Crippen molar-refractivity contribution in [2.75, 3.05) is 13.2 Å². The number of benzene rings is 2. The molecule has 0 radical (unpaired) electrons. The minimum Gasteiger partial charge on any atom is -0.494 e. The molecule has 0 aliphatic carbocycles. The Hall–Kier alpha value is -3.08. The maximum absolute atomic E-state index is 13.3. The fourth-order valence-electron chi connectivity index (χ4n) is 4.14. The molecule has 1 unspecified atom stereocenters. The first-order chi connectivity index (χ1) is 15.0. The molecule has 1 aliphatic rings. The molecule has 162 valence electrons. The maximum Gasteiger partial charge on any atom is 0.273 e. The van der Waals surface area contributed by atoms with Gasteiger partial charge in [0.05, 0.1) is 18.3 Å². The molecule has 2 aromatic carbocycles. The van der Waals surface area contributed by atoms with Crippen LogP contribution in [0.2, 0.25) is 0 Å². The fraction of sp³-hybridized carbons (Fsp3) is 0.385. The van der Waals surface area contributed by atoms with Crippen molar-refractivity contribution in [2.45, 2.75) is 46.6 Å². The van der Waals surface area contributed by atoms with Crippen LogP contribution >= 0.6 is 0 Å². The summed E-state index contributed by atoms with van der Waals surface area (Å²) in [7, 11) is 0. The van der Waals surface area contributed by atoms with E-state index in [2.05, 4.69) is 74.3 Å². The number of ether oxygens (including phenoxy) is 1. The zero-order valence-corrected chi connectivity index (χ0v) is 18.8. The summed E-state index contributed by atoms with van der Waals surface area (Å²) in [5, 5.41) is 7.58. The monoisotopic (exact) mass is 417 g/mol. The average Bonchev–Trinajstić information content (AvgIpc) is 3.29. The largest absolute Gasteiger partial charge is 0.494 e. The van der Waals surface area contributed by atoms with Crippen molar-refractivity contribution in [1.82, 2.24) is 15.1 Å². The standard InChI is InChI=1S/C26H31N3O2/c1-5-6-15-31-21-13-11-20(12-14-21)25-22-23(19-9-7-18(4)8-10-19)27-28-24(22)26(30)29(25)16-17(2)3/h7-14,17,25H,5-6,15-16H2,1-4H3,(H,27,28). The van der Waals surface area contributed by atoms with Crippen LogP contribution in [0.25, 0.3) is 11.3 Å². The van der Waals surface area contributed by atoms with E-state index in [1.54, 1.807) is 0 Å². The second-order valence-corrected chi connectivity index (χ2v) is 8.75. The Morgan fingerprint density at radius 2 is 1.81 bits per heavy atom. The summed E-state index contributed by atoms with van der Waals surface area (Å²) in [4.78, 5) is 15.3. The second kappa shape index (κ2) is 8.96. The first-order valence-electron chi connectivity index (χ1n) is 11.2. The van der Waals surface area contributed by atoms with Crippen LogP contribution in [-0.4, -0.2) is 34.2 Å². The molecule has 0 fully saturated rings. The summed E-state index contributed by atoms with van der Waals surface area (Å²) in [6.45, 7) is 9.91. The van der Waals surface area contributed by atoms with Gasteiger partial charge in [0.2, 0.25) is 0 Å². The normalized spacial score (nSPS) is 15.6. The Morgan fingerprint density at radius 1 is 1.10 bits per heavy atom. The van der Waals surface area contributed by atoms with E-state index in [1.165, 1.54) is 5.56 Å². The van der Waals surface area contributed by atoms with Gasteiger partial charge < -0.3 is 9.64 Å². The van der Waals surface area contributed by atoms with Crippen molar-refractivity contribution < 1.29 is 9.53 Å². The Morgan fingerprint density at radius 3 is 2.45 bits per heavy atom. The average molecular weight is 418 g/mol. The molecule has 1 aliphatic heterocycles. The molecule has 5 nitrogen and oxygen atoms in total. The Kier molecular flexibility index (Phi) is 6.12. The van der Waals surface area contributed by atoms with Gasteiger partial charge >= 0.3 is 0 Å². The summed E-state index contributed by atoms with van der Waals surface area (Å²) in [6.07, 6.45) is 2.15. The highest BCUT2D eigenvalue weighted by molar-refractivity contribution is 6.00. The molecule has 1 aromatic heterocycles. The van der Waals surface area contributed by atoms with Gasteiger partial charge in [0.25, 0.3) is 5.91 Å². The number of hydrogen-bond acceptors (Lipinski definition) is 3. The van der Waals surface area contributed by atoms with Crippen LogP contribution in [0.4, 0.5) is 0 Å². The molecule has 1 atom stereocenters. The van der Waals surface area contributed by atoms with Crippen LogP contribution in [0.5, 0.6) is 5.75 Å².